The third kappa shape index (κ3) is 3.36. The standard InChI is InChI=1S/C13H12N2O4/c14-6-8-5-11(16)13(19)10(7-15)9(8)3-1-2-4-12(17)18/h5,16,19H,1-4H2,(H,17,18). The molecule has 0 aliphatic rings. The highest BCUT2D eigenvalue weighted by atomic mass is 16.4. The molecule has 0 saturated carbocycles. The number of phenolic OH excluding ortho intramolecular Hbond substituents is 2. The molecule has 6 nitrogen and oxygen atoms in total. The molecule has 0 amide bonds. The molecule has 1 aromatic rings. The largest absolute Gasteiger partial charge is 0.504 e. The van der Waals surface area contributed by atoms with Crippen molar-refractivity contribution in [1.29, 1.82) is 10.5 Å². The van der Waals surface area contributed by atoms with Crippen molar-refractivity contribution >= 4 is 5.97 Å². The van der Waals surface area contributed by atoms with E-state index in [9.17, 15) is 15.0 Å². The van der Waals surface area contributed by atoms with E-state index < -0.39 is 17.5 Å². The molecule has 6 heteroatoms. The second-order valence-electron chi connectivity index (χ2n) is 3.97. The summed E-state index contributed by atoms with van der Waals surface area (Å²) >= 11 is 0. The molecule has 0 aliphatic carbocycles. The first-order chi connectivity index (χ1) is 9.01. The first kappa shape index (κ1) is 14.3. The molecular weight excluding hydrogens is 248 g/mol. The summed E-state index contributed by atoms with van der Waals surface area (Å²) < 4.78 is 0. The molecule has 0 bridgehead atoms. The lowest BCUT2D eigenvalue weighted by Gasteiger charge is -2.09. The van der Waals surface area contributed by atoms with Gasteiger partial charge in [-0.2, -0.15) is 10.5 Å². The minimum Gasteiger partial charge on any atom is -0.504 e. The van der Waals surface area contributed by atoms with Crippen molar-refractivity contribution in [1.82, 2.24) is 0 Å². The molecule has 3 N–H and O–H groups in total. The minimum atomic E-state index is -0.908. The van der Waals surface area contributed by atoms with Crippen molar-refractivity contribution in [2.24, 2.45) is 0 Å². The Bertz CT molecular complexity index is 582. The summed E-state index contributed by atoms with van der Waals surface area (Å²) in [6.07, 6.45) is 1.19. The fourth-order valence-electron chi connectivity index (χ4n) is 1.76. The highest BCUT2D eigenvalue weighted by Crippen LogP contribution is 2.34. The average Bonchev–Trinajstić information content (AvgIpc) is 2.38. The van der Waals surface area contributed by atoms with E-state index in [-0.39, 0.29) is 17.5 Å². The predicted molar refractivity (Wildman–Crippen MR) is 64.4 cm³/mol. The zero-order valence-corrected chi connectivity index (χ0v) is 10.1. The summed E-state index contributed by atoms with van der Waals surface area (Å²) in [5.74, 6) is -1.97. The Labute approximate surface area is 109 Å². The lowest BCUT2D eigenvalue weighted by atomic mass is 9.95. The van der Waals surface area contributed by atoms with E-state index in [4.69, 9.17) is 15.6 Å². The van der Waals surface area contributed by atoms with Gasteiger partial charge in [0.15, 0.2) is 11.5 Å². The predicted octanol–water partition coefficient (Wildman–Crippen LogP) is 1.64. The molecule has 0 aromatic heterocycles. The fourth-order valence-corrected chi connectivity index (χ4v) is 1.76. The van der Waals surface area contributed by atoms with Crippen LogP contribution in [0.5, 0.6) is 11.5 Å². The fraction of sp³-hybridized carbons (Fsp3) is 0.308. The zero-order valence-electron chi connectivity index (χ0n) is 10.1. The van der Waals surface area contributed by atoms with Crippen LogP contribution in [0.4, 0.5) is 0 Å². The number of nitrogens with zero attached hydrogens (tertiary/aromatic N) is 2. The van der Waals surface area contributed by atoms with Gasteiger partial charge >= 0.3 is 5.97 Å². The molecule has 98 valence electrons. The topological polar surface area (TPSA) is 125 Å². The molecule has 0 aliphatic heterocycles. The number of hydrogen-bond donors (Lipinski definition) is 3. The lowest BCUT2D eigenvalue weighted by Crippen LogP contribution is -1.99. The van der Waals surface area contributed by atoms with Crippen LogP contribution in [0.25, 0.3) is 0 Å². The number of carboxylic acid groups (broad SMARTS) is 1. The van der Waals surface area contributed by atoms with Crippen LogP contribution in [-0.2, 0) is 11.2 Å². The third-order valence-corrected chi connectivity index (χ3v) is 2.69. The highest BCUT2D eigenvalue weighted by molar-refractivity contribution is 5.66. The average molecular weight is 260 g/mol. The second kappa shape index (κ2) is 6.27. The van der Waals surface area contributed by atoms with Gasteiger partial charge in [0.05, 0.1) is 11.6 Å². The molecule has 0 unspecified atom stereocenters. The van der Waals surface area contributed by atoms with Gasteiger partial charge in [0.2, 0.25) is 0 Å². The van der Waals surface area contributed by atoms with E-state index in [1.165, 1.54) is 0 Å². The molecule has 0 atom stereocenters. The van der Waals surface area contributed by atoms with Gasteiger partial charge in [-0.1, -0.05) is 0 Å². The van der Waals surface area contributed by atoms with Crippen LogP contribution < -0.4 is 0 Å². The number of rotatable bonds is 5. The molecule has 1 rings (SSSR count). The number of carbonyl (C=O) groups is 1. The van der Waals surface area contributed by atoms with E-state index in [0.29, 0.717) is 24.8 Å². The Balaban J connectivity index is 2.99. The summed E-state index contributed by atoms with van der Waals surface area (Å²) in [5.41, 5.74) is 0.319. The van der Waals surface area contributed by atoms with Crippen molar-refractivity contribution < 1.29 is 20.1 Å². The van der Waals surface area contributed by atoms with Crippen LogP contribution in [0.1, 0.15) is 36.0 Å². The number of nitriles is 2. The molecule has 0 saturated heterocycles. The van der Waals surface area contributed by atoms with Gasteiger partial charge in [-0.15, -0.1) is 0 Å². The van der Waals surface area contributed by atoms with Gasteiger partial charge in [-0.3, -0.25) is 4.79 Å². The molecule has 0 spiro atoms. The highest BCUT2D eigenvalue weighted by Gasteiger charge is 2.17. The van der Waals surface area contributed by atoms with Crippen molar-refractivity contribution in [3.8, 4) is 23.6 Å². The number of unbranched alkanes of at least 4 members (excludes halogenated alkanes) is 1. The number of aromatic hydroxyl groups is 2. The maximum atomic E-state index is 10.4. The Kier molecular flexibility index (Phi) is 4.73. The Morgan fingerprint density at radius 2 is 1.89 bits per heavy atom. The van der Waals surface area contributed by atoms with Gasteiger partial charge < -0.3 is 15.3 Å². The third-order valence-electron chi connectivity index (χ3n) is 2.69. The van der Waals surface area contributed by atoms with Crippen LogP contribution >= 0.6 is 0 Å². The summed E-state index contributed by atoms with van der Waals surface area (Å²) in [7, 11) is 0. The molecule has 19 heavy (non-hydrogen) atoms. The normalized spacial score (nSPS) is 9.58. The van der Waals surface area contributed by atoms with E-state index in [0.717, 1.165) is 6.07 Å². The first-order valence-corrected chi connectivity index (χ1v) is 5.61. The van der Waals surface area contributed by atoms with Crippen molar-refractivity contribution in [2.75, 3.05) is 0 Å². The molecule has 0 fully saturated rings. The van der Waals surface area contributed by atoms with Crippen molar-refractivity contribution in [3.63, 3.8) is 0 Å². The Morgan fingerprint density at radius 1 is 1.21 bits per heavy atom. The van der Waals surface area contributed by atoms with Gasteiger partial charge in [0, 0.05) is 12.5 Å². The zero-order chi connectivity index (χ0) is 14.4. The Hall–Kier alpha value is -2.73. The minimum absolute atomic E-state index is 0.00778. The van der Waals surface area contributed by atoms with Crippen LogP contribution in [-0.4, -0.2) is 21.3 Å². The van der Waals surface area contributed by atoms with Crippen LogP contribution in [0, 0.1) is 22.7 Å². The number of phenols is 2. The summed E-state index contributed by atoms with van der Waals surface area (Å²) in [4.78, 5) is 10.4. The second-order valence-corrected chi connectivity index (χ2v) is 3.97. The number of aliphatic carboxylic acids is 1. The van der Waals surface area contributed by atoms with Gasteiger partial charge in [0.1, 0.15) is 11.6 Å². The number of benzene rings is 1. The van der Waals surface area contributed by atoms with E-state index in [1.54, 1.807) is 6.07 Å². The van der Waals surface area contributed by atoms with Gasteiger partial charge in [0.25, 0.3) is 0 Å². The van der Waals surface area contributed by atoms with E-state index in [2.05, 4.69) is 0 Å². The Morgan fingerprint density at radius 3 is 2.42 bits per heavy atom. The van der Waals surface area contributed by atoms with Gasteiger partial charge in [-0.05, 0) is 24.8 Å². The van der Waals surface area contributed by atoms with Crippen LogP contribution in [0.2, 0.25) is 0 Å². The maximum Gasteiger partial charge on any atom is 0.303 e. The van der Waals surface area contributed by atoms with Crippen molar-refractivity contribution in [3.05, 3.63) is 22.8 Å². The first-order valence-electron chi connectivity index (χ1n) is 5.61. The summed E-state index contributed by atoms with van der Waals surface area (Å²) in [6, 6.07) is 4.70. The summed E-state index contributed by atoms with van der Waals surface area (Å²) in [6.45, 7) is 0. The maximum absolute atomic E-state index is 10.4. The van der Waals surface area contributed by atoms with Crippen molar-refractivity contribution in [2.45, 2.75) is 25.7 Å². The quantitative estimate of drug-likeness (QED) is 0.545. The number of hydrogen-bond acceptors (Lipinski definition) is 5. The van der Waals surface area contributed by atoms with Crippen LogP contribution in [0.15, 0.2) is 6.07 Å². The lowest BCUT2D eigenvalue weighted by molar-refractivity contribution is -0.137. The smallest absolute Gasteiger partial charge is 0.303 e. The molecule has 0 heterocycles. The number of carboxylic acids is 1. The van der Waals surface area contributed by atoms with Gasteiger partial charge in [-0.25, -0.2) is 0 Å². The molecule has 1 aromatic carbocycles. The SMILES string of the molecule is N#Cc1cc(O)c(O)c(C#N)c1CCCCC(=O)O. The van der Waals surface area contributed by atoms with E-state index >= 15 is 0 Å². The van der Waals surface area contributed by atoms with E-state index in [1.807, 2.05) is 6.07 Å². The monoisotopic (exact) mass is 260 g/mol. The summed E-state index contributed by atoms with van der Waals surface area (Å²) in [5, 5.41) is 45.4. The van der Waals surface area contributed by atoms with Crippen LogP contribution in [0.3, 0.4) is 0 Å². The molecule has 0 radical (unpaired) electrons. The molecular formula is C13H12N2O4.